The van der Waals surface area contributed by atoms with Crippen molar-refractivity contribution in [1.82, 2.24) is 4.57 Å². The Balaban J connectivity index is 1.00. The zero-order valence-electron chi connectivity index (χ0n) is 35.5. The van der Waals surface area contributed by atoms with E-state index in [2.05, 4.69) is 243 Å². The molecule has 0 atom stereocenters. The molecule has 0 radical (unpaired) electrons. The Labute approximate surface area is 364 Å². The van der Waals surface area contributed by atoms with Crippen LogP contribution in [0.5, 0.6) is 0 Å². The summed E-state index contributed by atoms with van der Waals surface area (Å²) < 4.78 is 2.40. The van der Waals surface area contributed by atoms with Crippen LogP contribution >= 0.6 is 0 Å². The van der Waals surface area contributed by atoms with E-state index in [0.29, 0.717) is 0 Å². The van der Waals surface area contributed by atoms with E-state index in [-0.39, 0.29) is 10.8 Å². The van der Waals surface area contributed by atoms with Gasteiger partial charge >= 0.3 is 0 Å². The van der Waals surface area contributed by atoms with Gasteiger partial charge in [0.1, 0.15) is 0 Å². The molecule has 296 valence electrons. The van der Waals surface area contributed by atoms with Crippen LogP contribution in [-0.2, 0) is 10.8 Å². The number of hydrogen-bond acceptors (Lipinski definition) is 1. The molecule has 0 aliphatic heterocycles. The minimum atomic E-state index is -0.116. The maximum absolute atomic E-state index is 2.48. The van der Waals surface area contributed by atoms with Crippen LogP contribution in [0.25, 0.3) is 72.0 Å². The molecule has 2 aliphatic carbocycles. The third-order valence-corrected chi connectivity index (χ3v) is 14.0. The van der Waals surface area contributed by atoms with Gasteiger partial charge in [-0.2, -0.15) is 0 Å². The second-order valence-electron chi connectivity index (χ2n) is 18.2. The Morgan fingerprint density at radius 2 is 0.935 bits per heavy atom. The van der Waals surface area contributed by atoms with Gasteiger partial charge in [-0.1, -0.05) is 173 Å². The van der Waals surface area contributed by atoms with Crippen LogP contribution in [0.2, 0.25) is 0 Å². The molecule has 0 saturated heterocycles. The fourth-order valence-corrected chi connectivity index (χ4v) is 10.9. The molecule has 2 heteroatoms. The summed E-state index contributed by atoms with van der Waals surface area (Å²) in [5, 5.41) is 2.52. The summed E-state index contributed by atoms with van der Waals surface area (Å²) in [5.74, 6) is 0. The minimum Gasteiger partial charge on any atom is -0.310 e. The second-order valence-corrected chi connectivity index (χ2v) is 18.2. The molecule has 1 aromatic heterocycles. The summed E-state index contributed by atoms with van der Waals surface area (Å²) in [6.45, 7) is 9.45. The van der Waals surface area contributed by atoms with Crippen molar-refractivity contribution in [1.29, 1.82) is 0 Å². The molecule has 10 aromatic rings. The molecule has 0 fully saturated rings. The van der Waals surface area contributed by atoms with E-state index in [0.717, 1.165) is 17.1 Å². The van der Waals surface area contributed by atoms with Gasteiger partial charge < -0.3 is 9.47 Å². The molecule has 2 nitrogen and oxygen atoms in total. The van der Waals surface area contributed by atoms with Crippen LogP contribution < -0.4 is 4.90 Å². The molecular weight excluding hydrogens is 749 g/mol. The van der Waals surface area contributed by atoms with Crippen LogP contribution in [-0.4, -0.2) is 4.57 Å². The number of para-hydroxylation sites is 2. The molecule has 12 rings (SSSR count). The molecule has 62 heavy (non-hydrogen) atoms. The first-order valence-electron chi connectivity index (χ1n) is 21.8. The quantitative estimate of drug-likeness (QED) is 0.163. The van der Waals surface area contributed by atoms with E-state index < -0.39 is 0 Å². The van der Waals surface area contributed by atoms with E-state index in [4.69, 9.17) is 0 Å². The zero-order chi connectivity index (χ0) is 41.7. The summed E-state index contributed by atoms with van der Waals surface area (Å²) >= 11 is 0. The predicted octanol–water partition coefficient (Wildman–Crippen LogP) is 16.2. The maximum atomic E-state index is 2.48. The Bertz CT molecular complexity index is 3400. The Morgan fingerprint density at radius 1 is 0.355 bits per heavy atom. The first-order chi connectivity index (χ1) is 30.3. The number of nitrogens with zero attached hydrogens (tertiary/aromatic N) is 2. The van der Waals surface area contributed by atoms with Gasteiger partial charge in [-0.3, -0.25) is 0 Å². The number of hydrogen-bond donors (Lipinski definition) is 0. The summed E-state index contributed by atoms with van der Waals surface area (Å²) in [5.41, 5.74) is 22.5. The van der Waals surface area contributed by atoms with Crippen LogP contribution in [0, 0.1) is 0 Å². The highest BCUT2D eigenvalue weighted by Gasteiger charge is 2.38. The SMILES string of the molecule is CC1(C)c2ccccc2-c2ccc(-c3cccc(N(c4ccc(-c5ccc6c7ccccc7n(-c7ccccc7)c6c5)cc4)c4cccc5c4-c4ccccc4C5(C)C)c3)cc21. The average molecular weight is 795 g/mol. The van der Waals surface area contributed by atoms with Crippen molar-refractivity contribution in [2.45, 2.75) is 38.5 Å². The van der Waals surface area contributed by atoms with E-state index in [1.807, 2.05) is 0 Å². The lowest BCUT2D eigenvalue weighted by Crippen LogP contribution is -2.16. The number of fused-ring (bicyclic) bond motifs is 9. The number of benzene rings is 9. The van der Waals surface area contributed by atoms with Gasteiger partial charge in [0.2, 0.25) is 0 Å². The lowest BCUT2D eigenvalue weighted by Gasteiger charge is -2.29. The minimum absolute atomic E-state index is 0.0687. The Hall–Kier alpha value is -7.42. The third kappa shape index (κ3) is 5.36. The van der Waals surface area contributed by atoms with Gasteiger partial charge in [0, 0.05) is 44.2 Å². The molecule has 0 saturated carbocycles. The van der Waals surface area contributed by atoms with Crippen molar-refractivity contribution in [2.24, 2.45) is 0 Å². The highest BCUT2D eigenvalue weighted by Crippen LogP contribution is 2.55. The summed E-state index contributed by atoms with van der Waals surface area (Å²) in [6, 6.07) is 76.5. The smallest absolute Gasteiger partial charge is 0.0547 e. The molecule has 1 heterocycles. The molecule has 0 amide bonds. The first-order valence-corrected chi connectivity index (χ1v) is 21.8. The Morgan fingerprint density at radius 3 is 1.76 bits per heavy atom. The van der Waals surface area contributed by atoms with Crippen molar-refractivity contribution >= 4 is 38.9 Å². The maximum Gasteiger partial charge on any atom is 0.0547 e. The van der Waals surface area contributed by atoms with Crippen molar-refractivity contribution < 1.29 is 0 Å². The van der Waals surface area contributed by atoms with Crippen LogP contribution in [0.3, 0.4) is 0 Å². The van der Waals surface area contributed by atoms with Crippen molar-refractivity contribution in [3.63, 3.8) is 0 Å². The molecule has 2 aliphatic rings. The van der Waals surface area contributed by atoms with Crippen molar-refractivity contribution in [3.8, 4) is 50.2 Å². The van der Waals surface area contributed by atoms with Gasteiger partial charge in [0.05, 0.1) is 16.7 Å². The predicted molar refractivity (Wildman–Crippen MR) is 261 cm³/mol. The first kappa shape index (κ1) is 36.4. The second kappa shape index (κ2) is 13.5. The van der Waals surface area contributed by atoms with E-state index in [1.54, 1.807) is 0 Å². The number of aromatic nitrogens is 1. The normalized spacial score (nSPS) is 14.1. The molecule has 0 spiro atoms. The summed E-state index contributed by atoms with van der Waals surface area (Å²) in [4.78, 5) is 2.48. The monoisotopic (exact) mass is 794 g/mol. The van der Waals surface area contributed by atoms with Crippen molar-refractivity contribution in [2.75, 3.05) is 4.90 Å². The fourth-order valence-electron chi connectivity index (χ4n) is 10.9. The highest BCUT2D eigenvalue weighted by molar-refractivity contribution is 6.10. The average Bonchev–Trinajstić information content (AvgIpc) is 3.86. The van der Waals surface area contributed by atoms with E-state index in [1.165, 1.54) is 94.3 Å². The van der Waals surface area contributed by atoms with Crippen LogP contribution in [0.4, 0.5) is 17.1 Å². The molecule has 0 unspecified atom stereocenters. The molecule has 9 aromatic carbocycles. The Kier molecular flexibility index (Phi) is 7.96. The summed E-state index contributed by atoms with van der Waals surface area (Å²) in [6.07, 6.45) is 0. The molecule has 0 N–H and O–H groups in total. The summed E-state index contributed by atoms with van der Waals surface area (Å²) in [7, 11) is 0. The lowest BCUT2D eigenvalue weighted by atomic mass is 9.81. The fraction of sp³-hybridized carbons (Fsp3) is 0.100. The van der Waals surface area contributed by atoms with E-state index in [9.17, 15) is 0 Å². The van der Waals surface area contributed by atoms with Gasteiger partial charge in [-0.15, -0.1) is 0 Å². The van der Waals surface area contributed by atoms with Gasteiger partial charge in [0.25, 0.3) is 0 Å². The van der Waals surface area contributed by atoms with Crippen molar-refractivity contribution in [3.05, 3.63) is 229 Å². The van der Waals surface area contributed by atoms with Gasteiger partial charge in [0.15, 0.2) is 0 Å². The standard InChI is InChI=1S/C60H46N2/c1-59(2)52-24-12-9-22-50(52)58-53(59)25-15-27-56(58)61(45-19-14-16-40(36-45)41-30-34-47-46-20-8-11-23-51(46)60(3,4)54(47)37-41)44-32-28-39(29-33-44)42-31-35-49-48-21-10-13-26-55(48)62(57(49)38-42)43-17-6-5-7-18-43/h5-38H,1-4H3. The molecular formula is C60H46N2. The number of anilines is 3. The van der Waals surface area contributed by atoms with Gasteiger partial charge in [-0.25, -0.2) is 0 Å². The highest BCUT2D eigenvalue weighted by atomic mass is 15.1. The van der Waals surface area contributed by atoms with Crippen LogP contribution in [0.1, 0.15) is 49.9 Å². The molecule has 0 bridgehead atoms. The van der Waals surface area contributed by atoms with E-state index >= 15 is 0 Å². The third-order valence-electron chi connectivity index (χ3n) is 14.0. The number of rotatable bonds is 6. The van der Waals surface area contributed by atoms with Crippen LogP contribution in [0.15, 0.2) is 206 Å². The lowest BCUT2D eigenvalue weighted by molar-refractivity contribution is 0.660. The zero-order valence-corrected chi connectivity index (χ0v) is 35.5. The topological polar surface area (TPSA) is 8.17 Å². The largest absolute Gasteiger partial charge is 0.310 e. The van der Waals surface area contributed by atoms with Gasteiger partial charge in [-0.05, 0) is 122 Å².